The molecule has 0 aliphatic heterocycles. The van der Waals surface area contributed by atoms with E-state index in [4.69, 9.17) is 9.52 Å². The summed E-state index contributed by atoms with van der Waals surface area (Å²) in [5, 5.41) is 11.5. The highest BCUT2D eigenvalue weighted by molar-refractivity contribution is 7.97. The van der Waals surface area contributed by atoms with Crippen LogP contribution in [-0.2, 0) is 5.75 Å². The number of thioether (sulfide) groups is 1. The molecule has 0 radical (unpaired) electrons. The quantitative estimate of drug-likeness (QED) is 0.677. The van der Waals surface area contributed by atoms with E-state index in [1.54, 1.807) is 17.8 Å². The molecule has 0 aromatic carbocycles. The van der Waals surface area contributed by atoms with Crippen LogP contribution in [0.25, 0.3) is 0 Å². The van der Waals surface area contributed by atoms with Gasteiger partial charge in [0.1, 0.15) is 5.76 Å². The molecule has 2 N–H and O–H groups in total. The Hall–Kier alpha value is -0.940. The number of hydrogen-bond donors (Lipinski definition) is 2. The molecule has 1 rings (SSSR count). The predicted octanol–water partition coefficient (Wildman–Crippen LogP) is 2.43. The van der Waals surface area contributed by atoms with Crippen LogP contribution in [0, 0.1) is 0 Å². The molecule has 0 unspecified atom stereocenters. The summed E-state index contributed by atoms with van der Waals surface area (Å²) in [7, 11) is 0. The average molecular weight is 271 g/mol. The lowest BCUT2D eigenvalue weighted by atomic mass is 10.2. The summed E-state index contributed by atoms with van der Waals surface area (Å²) in [4.78, 5) is 11.7. The van der Waals surface area contributed by atoms with Gasteiger partial charge in [-0.2, -0.15) is 11.8 Å². The molecule has 102 valence electrons. The molecule has 0 bridgehead atoms. The second-order valence-corrected chi connectivity index (χ2v) is 4.96. The van der Waals surface area contributed by atoms with E-state index in [1.807, 2.05) is 12.3 Å². The molecule has 0 saturated heterocycles. The second kappa shape index (κ2) is 9.05. The standard InChI is InChI=1S/C13H21NO3S/c1-18-10-11-6-7-12(17-11)13(16)14-8-4-2-3-5-9-15/h6-7,15H,2-5,8-10H2,1H3,(H,14,16). The van der Waals surface area contributed by atoms with Gasteiger partial charge in [0.2, 0.25) is 0 Å². The number of aliphatic hydroxyl groups is 1. The fourth-order valence-electron chi connectivity index (χ4n) is 1.60. The smallest absolute Gasteiger partial charge is 0.286 e. The van der Waals surface area contributed by atoms with Gasteiger partial charge in [-0.15, -0.1) is 0 Å². The van der Waals surface area contributed by atoms with Crippen LogP contribution in [0.1, 0.15) is 42.0 Å². The molecule has 5 heteroatoms. The van der Waals surface area contributed by atoms with Crippen molar-refractivity contribution in [3.8, 4) is 0 Å². The fraction of sp³-hybridized carbons (Fsp3) is 0.615. The van der Waals surface area contributed by atoms with Gasteiger partial charge in [0, 0.05) is 13.2 Å². The van der Waals surface area contributed by atoms with Gasteiger partial charge in [-0.25, -0.2) is 0 Å². The SMILES string of the molecule is CSCc1ccc(C(=O)NCCCCCCO)o1. The monoisotopic (exact) mass is 271 g/mol. The summed E-state index contributed by atoms with van der Waals surface area (Å²) in [6.45, 7) is 0.903. The van der Waals surface area contributed by atoms with Gasteiger partial charge in [0.05, 0.1) is 5.75 Å². The number of furan rings is 1. The van der Waals surface area contributed by atoms with E-state index in [1.165, 1.54) is 0 Å². The number of rotatable bonds is 9. The van der Waals surface area contributed by atoms with Crippen LogP contribution in [0.3, 0.4) is 0 Å². The highest BCUT2D eigenvalue weighted by Crippen LogP contribution is 2.13. The molecule has 1 amide bonds. The van der Waals surface area contributed by atoms with E-state index in [9.17, 15) is 4.79 Å². The first-order valence-electron chi connectivity index (χ1n) is 6.24. The van der Waals surface area contributed by atoms with Crippen molar-refractivity contribution in [3.05, 3.63) is 23.7 Å². The first-order valence-corrected chi connectivity index (χ1v) is 7.64. The summed E-state index contributed by atoms with van der Waals surface area (Å²) in [5.41, 5.74) is 0. The maximum Gasteiger partial charge on any atom is 0.286 e. The zero-order chi connectivity index (χ0) is 13.2. The van der Waals surface area contributed by atoms with E-state index >= 15 is 0 Å². The highest BCUT2D eigenvalue weighted by atomic mass is 32.2. The molecule has 0 aliphatic rings. The third-order valence-corrected chi connectivity index (χ3v) is 3.12. The molecule has 1 aromatic heterocycles. The van der Waals surface area contributed by atoms with Gasteiger partial charge in [0.25, 0.3) is 5.91 Å². The van der Waals surface area contributed by atoms with Gasteiger partial charge in [0.15, 0.2) is 5.76 Å². The fourth-order valence-corrected chi connectivity index (χ4v) is 2.04. The van der Waals surface area contributed by atoms with E-state index in [0.717, 1.165) is 37.2 Å². The van der Waals surface area contributed by atoms with Gasteiger partial charge in [-0.05, 0) is 31.2 Å². The topological polar surface area (TPSA) is 62.5 Å². The molecule has 0 atom stereocenters. The molecular weight excluding hydrogens is 250 g/mol. The van der Waals surface area contributed by atoms with Crippen molar-refractivity contribution in [2.45, 2.75) is 31.4 Å². The summed E-state index contributed by atoms with van der Waals surface area (Å²) in [6, 6.07) is 3.55. The second-order valence-electron chi connectivity index (χ2n) is 4.09. The molecule has 1 aromatic rings. The van der Waals surface area contributed by atoms with E-state index in [0.29, 0.717) is 12.3 Å². The van der Waals surface area contributed by atoms with Gasteiger partial charge in [-0.3, -0.25) is 4.79 Å². The molecule has 1 heterocycles. The minimum absolute atomic E-state index is 0.149. The first-order chi connectivity index (χ1) is 8.77. The summed E-state index contributed by atoms with van der Waals surface area (Å²) >= 11 is 1.66. The third kappa shape index (κ3) is 5.60. The third-order valence-electron chi connectivity index (χ3n) is 2.54. The van der Waals surface area contributed by atoms with Crippen LogP contribution in [0.15, 0.2) is 16.5 Å². The van der Waals surface area contributed by atoms with Crippen LogP contribution in [0.2, 0.25) is 0 Å². The normalized spacial score (nSPS) is 10.6. The number of nitrogens with one attached hydrogen (secondary N) is 1. The minimum atomic E-state index is -0.149. The lowest BCUT2D eigenvalue weighted by molar-refractivity contribution is 0.0923. The Bertz CT molecular complexity index is 352. The van der Waals surface area contributed by atoms with Crippen LogP contribution in [-0.4, -0.2) is 30.4 Å². The number of unbranched alkanes of at least 4 members (excludes halogenated alkanes) is 3. The largest absolute Gasteiger partial charge is 0.455 e. The van der Waals surface area contributed by atoms with Crippen molar-refractivity contribution in [2.75, 3.05) is 19.4 Å². The van der Waals surface area contributed by atoms with Crippen molar-refractivity contribution >= 4 is 17.7 Å². The lowest BCUT2D eigenvalue weighted by Crippen LogP contribution is -2.23. The number of carbonyl (C=O) groups excluding carboxylic acids is 1. The Balaban J connectivity index is 2.19. The van der Waals surface area contributed by atoms with Gasteiger partial charge in [-0.1, -0.05) is 12.8 Å². The number of hydrogen-bond acceptors (Lipinski definition) is 4. The van der Waals surface area contributed by atoms with Crippen molar-refractivity contribution in [3.63, 3.8) is 0 Å². The Labute approximate surface area is 112 Å². The molecule has 0 aliphatic carbocycles. The molecule has 0 spiro atoms. The van der Waals surface area contributed by atoms with E-state index in [2.05, 4.69) is 5.32 Å². The molecule has 4 nitrogen and oxygen atoms in total. The van der Waals surface area contributed by atoms with Crippen molar-refractivity contribution < 1.29 is 14.3 Å². The van der Waals surface area contributed by atoms with Crippen LogP contribution in [0.4, 0.5) is 0 Å². The van der Waals surface area contributed by atoms with Crippen LogP contribution >= 0.6 is 11.8 Å². The first kappa shape index (κ1) is 15.1. The number of amides is 1. The Morgan fingerprint density at radius 3 is 2.83 bits per heavy atom. The minimum Gasteiger partial charge on any atom is -0.455 e. The van der Waals surface area contributed by atoms with Gasteiger partial charge >= 0.3 is 0 Å². The van der Waals surface area contributed by atoms with Crippen LogP contribution < -0.4 is 5.32 Å². The highest BCUT2D eigenvalue weighted by Gasteiger charge is 2.09. The molecular formula is C13H21NO3S. The van der Waals surface area contributed by atoms with E-state index < -0.39 is 0 Å². The maximum atomic E-state index is 11.7. The Kier molecular flexibility index (Phi) is 7.60. The Morgan fingerprint density at radius 1 is 1.33 bits per heavy atom. The van der Waals surface area contributed by atoms with Crippen molar-refractivity contribution in [1.29, 1.82) is 0 Å². The predicted molar refractivity (Wildman–Crippen MR) is 73.8 cm³/mol. The summed E-state index contributed by atoms with van der Waals surface area (Å²) < 4.78 is 5.42. The van der Waals surface area contributed by atoms with Crippen LogP contribution in [0.5, 0.6) is 0 Å². The molecule has 0 saturated carbocycles. The average Bonchev–Trinajstić information content (AvgIpc) is 2.82. The van der Waals surface area contributed by atoms with Crippen molar-refractivity contribution in [2.24, 2.45) is 0 Å². The Morgan fingerprint density at radius 2 is 2.11 bits per heavy atom. The van der Waals surface area contributed by atoms with Crippen molar-refractivity contribution in [1.82, 2.24) is 5.32 Å². The number of aliphatic hydroxyl groups excluding tert-OH is 1. The molecule has 0 fully saturated rings. The lowest BCUT2D eigenvalue weighted by Gasteiger charge is -2.02. The maximum absolute atomic E-state index is 11.7. The zero-order valence-electron chi connectivity index (χ0n) is 10.8. The zero-order valence-corrected chi connectivity index (χ0v) is 11.6. The summed E-state index contributed by atoms with van der Waals surface area (Å²) in [5.74, 6) is 1.85. The number of carbonyl (C=O) groups is 1. The molecule has 18 heavy (non-hydrogen) atoms. The summed E-state index contributed by atoms with van der Waals surface area (Å²) in [6.07, 6.45) is 5.80. The van der Waals surface area contributed by atoms with Gasteiger partial charge < -0.3 is 14.8 Å². The van der Waals surface area contributed by atoms with E-state index in [-0.39, 0.29) is 12.5 Å².